The van der Waals surface area contributed by atoms with Crippen LogP contribution in [-0.2, 0) is 14.3 Å². The quantitative estimate of drug-likeness (QED) is 0.493. The van der Waals surface area contributed by atoms with Gasteiger partial charge in [0.25, 0.3) is 0 Å². The highest BCUT2D eigenvalue weighted by molar-refractivity contribution is 5.72. The van der Waals surface area contributed by atoms with Gasteiger partial charge in [-0.2, -0.15) is 0 Å². The number of nitrogens with zero attached hydrogens (tertiary/aromatic N) is 1. The molecule has 0 amide bonds. The van der Waals surface area contributed by atoms with Gasteiger partial charge in [-0.3, -0.25) is 4.79 Å². The highest BCUT2D eigenvalue weighted by atomic mass is 16.5. The molecule has 106 valence electrons. The molecule has 0 aromatic rings. The van der Waals surface area contributed by atoms with Crippen LogP contribution >= 0.6 is 0 Å². The molecule has 0 unspecified atom stereocenters. The van der Waals surface area contributed by atoms with E-state index in [4.69, 9.17) is 9.47 Å². The maximum atomic E-state index is 11.6. The highest BCUT2D eigenvalue weighted by Crippen LogP contribution is 2.18. The predicted octanol–water partition coefficient (Wildman–Crippen LogP) is 2.08. The first-order valence-corrected chi connectivity index (χ1v) is 7.24. The third-order valence-corrected chi connectivity index (χ3v) is 3.40. The second-order valence-electron chi connectivity index (χ2n) is 4.83. The van der Waals surface area contributed by atoms with Crippen LogP contribution in [-0.4, -0.2) is 50.3 Å². The van der Waals surface area contributed by atoms with Gasteiger partial charge in [0.15, 0.2) is 0 Å². The number of hydrogen-bond acceptors (Lipinski definition) is 4. The standard InChI is InChI=1S/C14H27NO3/c1-3-5-11-17-12-10-15-8-6-13(7-9-15)14(16)18-4-2/h13H,3-12H2,1-2H3. The Balaban J connectivity index is 2.06. The van der Waals surface area contributed by atoms with Crippen molar-refractivity contribution in [3.05, 3.63) is 0 Å². The van der Waals surface area contributed by atoms with E-state index in [0.29, 0.717) is 6.61 Å². The monoisotopic (exact) mass is 257 g/mol. The van der Waals surface area contributed by atoms with Crippen LogP contribution in [0.4, 0.5) is 0 Å². The minimum Gasteiger partial charge on any atom is -0.466 e. The number of hydrogen-bond donors (Lipinski definition) is 0. The Bertz CT molecular complexity index is 225. The molecule has 4 heteroatoms. The summed E-state index contributed by atoms with van der Waals surface area (Å²) >= 11 is 0. The second kappa shape index (κ2) is 9.34. The van der Waals surface area contributed by atoms with Crippen molar-refractivity contribution in [1.82, 2.24) is 4.90 Å². The van der Waals surface area contributed by atoms with Crippen LogP contribution in [0.3, 0.4) is 0 Å². The van der Waals surface area contributed by atoms with E-state index in [-0.39, 0.29) is 11.9 Å². The first-order valence-electron chi connectivity index (χ1n) is 7.24. The van der Waals surface area contributed by atoms with Crippen LogP contribution in [0.5, 0.6) is 0 Å². The largest absolute Gasteiger partial charge is 0.466 e. The molecule has 1 aliphatic rings. The Hall–Kier alpha value is -0.610. The number of unbranched alkanes of at least 4 members (excludes halogenated alkanes) is 1. The van der Waals surface area contributed by atoms with Gasteiger partial charge in [-0.05, 0) is 39.3 Å². The maximum Gasteiger partial charge on any atom is 0.309 e. The molecule has 1 saturated heterocycles. The normalized spacial score (nSPS) is 17.9. The lowest BCUT2D eigenvalue weighted by molar-refractivity contribution is -0.149. The third-order valence-electron chi connectivity index (χ3n) is 3.40. The summed E-state index contributed by atoms with van der Waals surface area (Å²) in [6, 6.07) is 0. The highest BCUT2D eigenvalue weighted by Gasteiger charge is 2.25. The first-order chi connectivity index (χ1) is 8.77. The Kier molecular flexibility index (Phi) is 8.01. The zero-order valence-corrected chi connectivity index (χ0v) is 11.8. The van der Waals surface area contributed by atoms with E-state index in [1.165, 1.54) is 6.42 Å². The van der Waals surface area contributed by atoms with Crippen molar-refractivity contribution < 1.29 is 14.3 Å². The first kappa shape index (κ1) is 15.4. The number of carbonyl (C=O) groups excluding carboxylic acids is 1. The lowest BCUT2D eigenvalue weighted by Crippen LogP contribution is -2.38. The molecule has 1 aliphatic heterocycles. The summed E-state index contributed by atoms with van der Waals surface area (Å²) in [6.45, 7) is 9.16. The molecular weight excluding hydrogens is 230 g/mol. The van der Waals surface area contributed by atoms with Gasteiger partial charge < -0.3 is 14.4 Å². The van der Waals surface area contributed by atoms with Crippen molar-refractivity contribution in [2.24, 2.45) is 5.92 Å². The average molecular weight is 257 g/mol. The molecule has 0 N–H and O–H groups in total. The van der Waals surface area contributed by atoms with Crippen LogP contribution < -0.4 is 0 Å². The van der Waals surface area contributed by atoms with Gasteiger partial charge >= 0.3 is 5.97 Å². The molecule has 18 heavy (non-hydrogen) atoms. The summed E-state index contributed by atoms with van der Waals surface area (Å²) < 4.78 is 10.6. The maximum absolute atomic E-state index is 11.6. The molecule has 1 fully saturated rings. The smallest absolute Gasteiger partial charge is 0.309 e. The molecule has 0 aliphatic carbocycles. The van der Waals surface area contributed by atoms with Crippen molar-refractivity contribution in [1.29, 1.82) is 0 Å². The van der Waals surface area contributed by atoms with Gasteiger partial charge in [0.1, 0.15) is 0 Å². The van der Waals surface area contributed by atoms with E-state index in [1.807, 2.05) is 6.92 Å². The number of rotatable bonds is 8. The number of esters is 1. The summed E-state index contributed by atoms with van der Waals surface area (Å²) in [4.78, 5) is 13.9. The van der Waals surface area contributed by atoms with E-state index >= 15 is 0 Å². The lowest BCUT2D eigenvalue weighted by atomic mass is 9.97. The van der Waals surface area contributed by atoms with E-state index in [9.17, 15) is 4.79 Å². The van der Waals surface area contributed by atoms with E-state index in [0.717, 1.165) is 52.1 Å². The molecule has 4 nitrogen and oxygen atoms in total. The number of likely N-dealkylation sites (tertiary alicyclic amines) is 1. The molecule has 0 bridgehead atoms. The van der Waals surface area contributed by atoms with Gasteiger partial charge in [-0.15, -0.1) is 0 Å². The minimum atomic E-state index is -0.0173. The number of ether oxygens (including phenoxy) is 2. The summed E-state index contributed by atoms with van der Waals surface area (Å²) in [5.41, 5.74) is 0. The van der Waals surface area contributed by atoms with Gasteiger partial charge in [0.2, 0.25) is 0 Å². The fourth-order valence-electron chi connectivity index (χ4n) is 2.19. The number of piperidine rings is 1. The molecule has 0 aromatic heterocycles. The molecule has 1 rings (SSSR count). The molecule has 0 radical (unpaired) electrons. The molecular formula is C14H27NO3. The SMILES string of the molecule is CCCCOCCN1CCC(C(=O)OCC)CC1. The average Bonchev–Trinajstić information content (AvgIpc) is 2.39. The molecule has 0 aromatic carbocycles. The molecule has 0 saturated carbocycles. The fourth-order valence-corrected chi connectivity index (χ4v) is 2.19. The zero-order chi connectivity index (χ0) is 13.2. The number of carbonyl (C=O) groups is 1. The van der Waals surface area contributed by atoms with E-state index < -0.39 is 0 Å². The van der Waals surface area contributed by atoms with Crippen molar-refractivity contribution in [2.75, 3.05) is 39.5 Å². The summed E-state index contributed by atoms with van der Waals surface area (Å²) in [7, 11) is 0. The zero-order valence-electron chi connectivity index (χ0n) is 11.8. The second-order valence-corrected chi connectivity index (χ2v) is 4.83. The van der Waals surface area contributed by atoms with Crippen molar-refractivity contribution >= 4 is 5.97 Å². The summed E-state index contributed by atoms with van der Waals surface area (Å²) in [5.74, 6) is 0.0959. The Morgan fingerprint density at radius 2 is 1.94 bits per heavy atom. The topological polar surface area (TPSA) is 38.8 Å². The van der Waals surface area contributed by atoms with Gasteiger partial charge in [-0.25, -0.2) is 0 Å². The molecule has 1 heterocycles. The van der Waals surface area contributed by atoms with Crippen LogP contribution in [0.25, 0.3) is 0 Å². The van der Waals surface area contributed by atoms with Crippen LogP contribution in [0.1, 0.15) is 39.5 Å². The molecule has 0 spiro atoms. The van der Waals surface area contributed by atoms with Gasteiger partial charge in [0.05, 0.1) is 19.1 Å². The minimum absolute atomic E-state index is 0.0173. The van der Waals surface area contributed by atoms with Crippen molar-refractivity contribution in [3.63, 3.8) is 0 Å². The van der Waals surface area contributed by atoms with Crippen LogP contribution in [0.15, 0.2) is 0 Å². The van der Waals surface area contributed by atoms with E-state index in [2.05, 4.69) is 11.8 Å². The van der Waals surface area contributed by atoms with Gasteiger partial charge in [0, 0.05) is 13.2 Å². The Morgan fingerprint density at radius 3 is 2.56 bits per heavy atom. The third kappa shape index (κ3) is 5.83. The van der Waals surface area contributed by atoms with Crippen LogP contribution in [0, 0.1) is 5.92 Å². The van der Waals surface area contributed by atoms with Crippen LogP contribution in [0.2, 0.25) is 0 Å². The van der Waals surface area contributed by atoms with Crippen molar-refractivity contribution in [3.8, 4) is 0 Å². The van der Waals surface area contributed by atoms with E-state index in [1.54, 1.807) is 0 Å². The Morgan fingerprint density at radius 1 is 1.22 bits per heavy atom. The Labute approximate surface area is 111 Å². The summed E-state index contributed by atoms with van der Waals surface area (Å²) in [6.07, 6.45) is 4.18. The van der Waals surface area contributed by atoms with Gasteiger partial charge in [-0.1, -0.05) is 13.3 Å². The molecule has 0 atom stereocenters. The fraction of sp³-hybridized carbons (Fsp3) is 0.929. The predicted molar refractivity (Wildman–Crippen MR) is 71.5 cm³/mol. The lowest BCUT2D eigenvalue weighted by Gasteiger charge is -2.30. The summed E-state index contributed by atoms with van der Waals surface area (Å²) in [5, 5.41) is 0. The van der Waals surface area contributed by atoms with Crippen molar-refractivity contribution in [2.45, 2.75) is 39.5 Å².